The van der Waals surface area contributed by atoms with E-state index in [-0.39, 0.29) is 17.7 Å². The third-order valence-corrected chi connectivity index (χ3v) is 4.28. The molecule has 0 saturated carbocycles. The Morgan fingerprint density at radius 2 is 1.72 bits per heavy atom. The maximum atomic E-state index is 12.6. The molecule has 0 N–H and O–H groups in total. The summed E-state index contributed by atoms with van der Waals surface area (Å²) in [5.41, 5.74) is 2.67. The van der Waals surface area contributed by atoms with Crippen LogP contribution >= 0.6 is 0 Å². The first-order chi connectivity index (χ1) is 11.7. The van der Waals surface area contributed by atoms with Gasteiger partial charge in [0.15, 0.2) is 0 Å². The summed E-state index contributed by atoms with van der Waals surface area (Å²) < 4.78 is 42.4. The standard InChI is InChI=1S/C17H18F3N3O2/c1-10-7-11(2)9-13(8-10)15(24)23-5-3-12(4-6-23)14-21-22-16(25-14)17(18,19)20/h7-9,12H,3-6H2,1-2H3. The number of likely N-dealkylation sites (tertiary alicyclic amines) is 1. The number of rotatable bonds is 2. The van der Waals surface area contributed by atoms with Crippen LogP contribution in [0.25, 0.3) is 0 Å². The Morgan fingerprint density at radius 3 is 2.24 bits per heavy atom. The van der Waals surface area contributed by atoms with Crippen molar-refractivity contribution in [2.24, 2.45) is 0 Å². The first kappa shape index (κ1) is 17.4. The highest BCUT2D eigenvalue weighted by Gasteiger charge is 2.39. The van der Waals surface area contributed by atoms with Crippen molar-refractivity contribution < 1.29 is 22.4 Å². The first-order valence-corrected chi connectivity index (χ1v) is 8.02. The van der Waals surface area contributed by atoms with Gasteiger partial charge >= 0.3 is 12.1 Å². The molecule has 5 nitrogen and oxygen atoms in total. The van der Waals surface area contributed by atoms with Crippen molar-refractivity contribution in [2.75, 3.05) is 13.1 Å². The summed E-state index contributed by atoms with van der Waals surface area (Å²) >= 11 is 0. The molecule has 25 heavy (non-hydrogen) atoms. The average Bonchev–Trinajstić information content (AvgIpc) is 3.03. The molecule has 8 heteroatoms. The zero-order chi connectivity index (χ0) is 18.2. The second kappa shape index (κ2) is 6.50. The molecule has 2 aromatic rings. The molecule has 2 heterocycles. The number of carbonyl (C=O) groups is 1. The number of benzene rings is 1. The number of amides is 1. The molecular weight excluding hydrogens is 335 g/mol. The van der Waals surface area contributed by atoms with Gasteiger partial charge in [-0.2, -0.15) is 13.2 Å². The van der Waals surface area contributed by atoms with E-state index >= 15 is 0 Å². The third-order valence-electron chi connectivity index (χ3n) is 4.28. The Kier molecular flexibility index (Phi) is 4.53. The lowest BCUT2D eigenvalue weighted by Crippen LogP contribution is -2.38. The molecule has 1 aliphatic rings. The molecule has 134 valence electrons. The van der Waals surface area contributed by atoms with E-state index in [1.165, 1.54) is 0 Å². The minimum atomic E-state index is -4.63. The van der Waals surface area contributed by atoms with Crippen molar-refractivity contribution in [3.05, 3.63) is 46.7 Å². The number of hydrogen-bond donors (Lipinski definition) is 0. The van der Waals surface area contributed by atoms with E-state index in [0.29, 0.717) is 31.5 Å². The number of carbonyl (C=O) groups excluding carboxylic acids is 1. The number of nitrogens with zero attached hydrogens (tertiary/aromatic N) is 3. The maximum Gasteiger partial charge on any atom is 0.470 e. The van der Waals surface area contributed by atoms with Crippen molar-refractivity contribution in [1.29, 1.82) is 0 Å². The SMILES string of the molecule is Cc1cc(C)cc(C(=O)N2CCC(c3nnc(C(F)(F)F)o3)CC2)c1. The molecule has 1 amide bonds. The molecule has 1 aliphatic heterocycles. The number of piperidine rings is 1. The summed E-state index contributed by atoms with van der Waals surface area (Å²) in [6, 6.07) is 5.68. The monoisotopic (exact) mass is 353 g/mol. The summed E-state index contributed by atoms with van der Waals surface area (Å²) in [4.78, 5) is 14.3. The van der Waals surface area contributed by atoms with Gasteiger partial charge in [0.25, 0.3) is 5.91 Å². The van der Waals surface area contributed by atoms with Crippen LogP contribution in [0.15, 0.2) is 22.6 Å². The number of aryl methyl sites for hydroxylation is 2. The van der Waals surface area contributed by atoms with Crippen molar-refractivity contribution >= 4 is 5.91 Å². The Balaban J connectivity index is 1.65. The highest BCUT2D eigenvalue weighted by Crippen LogP contribution is 2.32. The Bertz CT molecular complexity index is 757. The van der Waals surface area contributed by atoms with Gasteiger partial charge in [0.05, 0.1) is 0 Å². The summed E-state index contributed by atoms with van der Waals surface area (Å²) in [5, 5.41) is 6.58. The number of aromatic nitrogens is 2. The normalized spacial score (nSPS) is 16.3. The minimum Gasteiger partial charge on any atom is -0.417 e. The molecule has 1 saturated heterocycles. The van der Waals surface area contributed by atoms with E-state index in [2.05, 4.69) is 10.2 Å². The second-order valence-corrected chi connectivity index (χ2v) is 6.39. The van der Waals surface area contributed by atoms with Crippen LogP contribution in [0, 0.1) is 13.8 Å². The molecule has 0 unspecified atom stereocenters. The summed E-state index contributed by atoms with van der Waals surface area (Å²) in [6.07, 6.45) is -3.64. The number of alkyl halides is 3. The van der Waals surface area contributed by atoms with Crippen molar-refractivity contribution in [2.45, 2.75) is 38.8 Å². The van der Waals surface area contributed by atoms with E-state index in [0.717, 1.165) is 11.1 Å². The van der Waals surface area contributed by atoms with Gasteiger partial charge in [0, 0.05) is 24.6 Å². The fraction of sp³-hybridized carbons (Fsp3) is 0.471. The van der Waals surface area contributed by atoms with Crippen LogP contribution in [0.4, 0.5) is 13.2 Å². The van der Waals surface area contributed by atoms with E-state index in [1.807, 2.05) is 32.0 Å². The van der Waals surface area contributed by atoms with Crippen LogP contribution in [-0.4, -0.2) is 34.1 Å². The molecule has 0 spiro atoms. The molecule has 0 bridgehead atoms. The van der Waals surface area contributed by atoms with E-state index in [4.69, 9.17) is 4.42 Å². The van der Waals surface area contributed by atoms with Crippen molar-refractivity contribution in [3.63, 3.8) is 0 Å². The molecule has 1 aromatic heterocycles. The largest absolute Gasteiger partial charge is 0.470 e. The molecule has 1 fully saturated rings. The molecule has 0 radical (unpaired) electrons. The predicted molar refractivity (Wildman–Crippen MR) is 83.1 cm³/mol. The van der Waals surface area contributed by atoms with Crippen molar-refractivity contribution in [1.82, 2.24) is 15.1 Å². The highest BCUT2D eigenvalue weighted by molar-refractivity contribution is 5.94. The van der Waals surface area contributed by atoms with Crippen LogP contribution in [0.1, 0.15) is 52.0 Å². The molecule has 1 aromatic carbocycles. The van der Waals surface area contributed by atoms with E-state index in [9.17, 15) is 18.0 Å². The number of halogens is 3. The van der Waals surface area contributed by atoms with Crippen LogP contribution in [-0.2, 0) is 6.18 Å². The quantitative estimate of drug-likeness (QED) is 0.826. The fourth-order valence-electron chi connectivity index (χ4n) is 3.12. The lowest BCUT2D eigenvalue weighted by Gasteiger charge is -2.30. The van der Waals surface area contributed by atoms with Gasteiger partial charge in [0.1, 0.15) is 0 Å². The van der Waals surface area contributed by atoms with Gasteiger partial charge in [-0.1, -0.05) is 17.2 Å². The first-order valence-electron chi connectivity index (χ1n) is 8.02. The minimum absolute atomic E-state index is 0.00850. The maximum absolute atomic E-state index is 12.6. The van der Waals surface area contributed by atoms with E-state index in [1.54, 1.807) is 4.90 Å². The topological polar surface area (TPSA) is 59.2 Å². The molecule has 3 rings (SSSR count). The number of hydrogen-bond acceptors (Lipinski definition) is 4. The highest BCUT2D eigenvalue weighted by atomic mass is 19.4. The van der Waals surface area contributed by atoms with Gasteiger partial charge in [-0.3, -0.25) is 4.79 Å². The smallest absolute Gasteiger partial charge is 0.417 e. The fourth-order valence-corrected chi connectivity index (χ4v) is 3.12. The van der Waals surface area contributed by atoms with Crippen molar-refractivity contribution in [3.8, 4) is 0 Å². The molecule has 0 atom stereocenters. The molecule has 0 aliphatic carbocycles. The lowest BCUT2D eigenvalue weighted by atomic mass is 9.96. The summed E-state index contributed by atoms with van der Waals surface area (Å²) in [7, 11) is 0. The summed E-state index contributed by atoms with van der Waals surface area (Å²) in [5.74, 6) is -1.65. The van der Waals surface area contributed by atoms with Gasteiger partial charge < -0.3 is 9.32 Å². The lowest BCUT2D eigenvalue weighted by molar-refractivity contribution is -0.157. The van der Waals surface area contributed by atoms with Gasteiger partial charge in [-0.05, 0) is 38.8 Å². The van der Waals surface area contributed by atoms with Gasteiger partial charge in [0.2, 0.25) is 5.89 Å². The predicted octanol–water partition coefficient (Wildman–Crippen LogP) is 3.73. The van der Waals surface area contributed by atoms with Crippen LogP contribution in [0.3, 0.4) is 0 Å². The average molecular weight is 353 g/mol. The Morgan fingerprint density at radius 1 is 1.12 bits per heavy atom. The van der Waals surface area contributed by atoms with Crippen LogP contribution < -0.4 is 0 Å². The van der Waals surface area contributed by atoms with Crippen LogP contribution in [0.2, 0.25) is 0 Å². The zero-order valence-electron chi connectivity index (χ0n) is 13.9. The molecular formula is C17H18F3N3O2. The third kappa shape index (κ3) is 3.83. The Hall–Kier alpha value is -2.38. The Labute approximate surface area is 142 Å². The van der Waals surface area contributed by atoms with Gasteiger partial charge in [-0.25, -0.2) is 0 Å². The van der Waals surface area contributed by atoms with E-state index < -0.39 is 12.1 Å². The van der Waals surface area contributed by atoms with Crippen LogP contribution in [0.5, 0.6) is 0 Å². The summed E-state index contributed by atoms with van der Waals surface area (Å²) in [6.45, 7) is 4.76. The van der Waals surface area contributed by atoms with Gasteiger partial charge in [-0.15, -0.1) is 10.2 Å². The second-order valence-electron chi connectivity index (χ2n) is 6.39. The zero-order valence-corrected chi connectivity index (χ0v) is 13.9.